The molecule has 0 bridgehead atoms. The maximum Gasteiger partial charge on any atom is 0.185 e. The van der Waals surface area contributed by atoms with Crippen LogP contribution in [-0.4, -0.2) is 31.4 Å². The fourth-order valence-corrected chi connectivity index (χ4v) is 4.33. The highest BCUT2D eigenvalue weighted by Gasteiger charge is 2.11. The van der Waals surface area contributed by atoms with E-state index in [9.17, 15) is 4.39 Å². The lowest BCUT2D eigenvalue weighted by atomic mass is 10.1. The zero-order valence-corrected chi connectivity index (χ0v) is 19.3. The van der Waals surface area contributed by atoms with Crippen molar-refractivity contribution in [1.82, 2.24) is 4.57 Å². The van der Waals surface area contributed by atoms with E-state index in [1.807, 2.05) is 17.5 Å². The van der Waals surface area contributed by atoms with Gasteiger partial charge in [-0.2, -0.15) is 0 Å². The van der Waals surface area contributed by atoms with Gasteiger partial charge in [-0.05, 0) is 54.8 Å². The van der Waals surface area contributed by atoms with Gasteiger partial charge in [0.2, 0.25) is 0 Å². The number of benzene rings is 2. The van der Waals surface area contributed by atoms with Crippen molar-refractivity contribution in [2.75, 3.05) is 20.8 Å². The van der Waals surface area contributed by atoms with E-state index in [0.29, 0.717) is 30.5 Å². The van der Waals surface area contributed by atoms with Crippen molar-refractivity contribution in [3.05, 3.63) is 69.0 Å². The first kappa shape index (κ1) is 23.5. The molecule has 1 unspecified atom stereocenters. The molecule has 166 valence electrons. The molecule has 0 saturated heterocycles. The van der Waals surface area contributed by atoms with Crippen LogP contribution in [0.2, 0.25) is 5.02 Å². The summed E-state index contributed by atoms with van der Waals surface area (Å²) in [7, 11) is 3.30. The molecule has 31 heavy (non-hydrogen) atoms. The number of aromatic nitrogens is 1. The molecule has 0 radical (unpaired) electrons. The first-order valence-corrected chi connectivity index (χ1v) is 11.3. The van der Waals surface area contributed by atoms with Crippen molar-refractivity contribution in [1.29, 1.82) is 0 Å². The van der Waals surface area contributed by atoms with Crippen LogP contribution in [0.4, 0.5) is 4.39 Å². The van der Waals surface area contributed by atoms with Gasteiger partial charge in [-0.15, -0.1) is 11.3 Å². The van der Waals surface area contributed by atoms with Gasteiger partial charge in [-0.3, -0.25) is 4.99 Å². The molecule has 0 amide bonds. The molecule has 0 fully saturated rings. The summed E-state index contributed by atoms with van der Waals surface area (Å²) in [4.78, 5) is 5.71. The molecule has 3 rings (SSSR count). The van der Waals surface area contributed by atoms with Crippen LogP contribution in [0, 0.1) is 5.82 Å². The summed E-state index contributed by atoms with van der Waals surface area (Å²) in [5.74, 6) is 0.451. The summed E-state index contributed by atoms with van der Waals surface area (Å²) in [5.41, 5.74) is 9.13. The van der Waals surface area contributed by atoms with Crippen LogP contribution in [0.1, 0.15) is 18.4 Å². The van der Waals surface area contributed by atoms with Gasteiger partial charge in [0.15, 0.2) is 4.80 Å². The highest BCUT2D eigenvalue weighted by molar-refractivity contribution is 7.07. The molecule has 0 aliphatic rings. The number of halogens is 2. The molecule has 3 aromatic rings. The molecule has 2 aromatic carbocycles. The van der Waals surface area contributed by atoms with Crippen molar-refractivity contribution in [3.63, 3.8) is 0 Å². The van der Waals surface area contributed by atoms with E-state index >= 15 is 0 Å². The van der Waals surface area contributed by atoms with Crippen molar-refractivity contribution in [2.24, 2.45) is 10.7 Å². The Hall–Kier alpha value is -2.19. The van der Waals surface area contributed by atoms with E-state index in [2.05, 4.69) is 4.57 Å². The van der Waals surface area contributed by atoms with E-state index in [4.69, 9.17) is 31.8 Å². The van der Waals surface area contributed by atoms with Gasteiger partial charge in [0, 0.05) is 42.3 Å². The molecule has 1 atom stereocenters. The lowest BCUT2D eigenvalue weighted by molar-refractivity contribution is 0.186. The predicted octanol–water partition coefficient (Wildman–Crippen LogP) is 4.87. The Morgan fingerprint density at radius 2 is 1.94 bits per heavy atom. The second-order valence-electron chi connectivity index (χ2n) is 7.16. The van der Waals surface area contributed by atoms with E-state index in [0.717, 1.165) is 34.5 Å². The lowest BCUT2D eigenvalue weighted by Gasteiger charge is -2.14. The fourth-order valence-electron chi connectivity index (χ4n) is 3.23. The number of ether oxygens (including phenoxy) is 2. The Morgan fingerprint density at radius 1 is 1.16 bits per heavy atom. The molecule has 0 aliphatic heterocycles. The third-order valence-corrected chi connectivity index (χ3v) is 6.12. The van der Waals surface area contributed by atoms with Crippen molar-refractivity contribution < 1.29 is 13.9 Å². The lowest BCUT2D eigenvalue weighted by Crippen LogP contribution is -2.26. The van der Waals surface area contributed by atoms with Crippen LogP contribution in [0.15, 0.2) is 52.8 Å². The number of nitrogens with zero attached hydrogens (tertiary/aromatic N) is 2. The fraction of sp³-hybridized carbons (Fsp3) is 0.348. The van der Waals surface area contributed by atoms with Gasteiger partial charge < -0.3 is 19.8 Å². The van der Waals surface area contributed by atoms with Gasteiger partial charge in [0.1, 0.15) is 11.6 Å². The van der Waals surface area contributed by atoms with Crippen LogP contribution >= 0.6 is 22.9 Å². The molecule has 0 aliphatic carbocycles. The van der Waals surface area contributed by atoms with Crippen molar-refractivity contribution >= 4 is 22.9 Å². The van der Waals surface area contributed by atoms with Crippen LogP contribution < -0.4 is 15.3 Å². The Morgan fingerprint density at radius 3 is 2.65 bits per heavy atom. The van der Waals surface area contributed by atoms with Gasteiger partial charge in [0.25, 0.3) is 0 Å². The standard InChI is InChI=1S/C23H27ClFN3O2S/c1-29-12-10-20(26)9-11-28-21(16-4-7-19(25)8-5-16)15-31-23(28)27-14-17-3-6-18(24)13-22(17)30-2/h3-8,13,15,20H,9-12,14,26H2,1-2H3/b27-23+. The Bertz CT molecular complexity index is 1050. The van der Waals surface area contributed by atoms with E-state index < -0.39 is 0 Å². The zero-order valence-electron chi connectivity index (χ0n) is 17.7. The normalized spacial score (nSPS) is 12.9. The van der Waals surface area contributed by atoms with Crippen LogP contribution in [0.5, 0.6) is 5.75 Å². The van der Waals surface area contributed by atoms with Crippen LogP contribution in [-0.2, 0) is 17.8 Å². The molecule has 0 saturated carbocycles. The number of nitrogens with two attached hydrogens (primary N) is 1. The molecule has 1 aromatic heterocycles. The topological polar surface area (TPSA) is 61.8 Å². The number of rotatable bonds is 10. The summed E-state index contributed by atoms with van der Waals surface area (Å²) in [6.07, 6.45) is 1.58. The number of hydrogen-bond donors (Lipinski definition) is 1. The van der Waals surface area contributed by atoms with Crippen LogP contribution in [0.25, 0.3) is 11.3 Å². The van der Waals surface area contributed by atoms with Gasteiger partial charge in [-0.1, -0.05) is 17.7 Å². The number of methoxy groups -OCH3 is 2. The summed E-state index contributed by atoms with van der Waals surface area (Å²) in [6, 6.07) is 12.1. The van der Waals surface area contributed by atoms with Crippen molar-refractivity contribution in [3.8, 4) is 17.0 Å². The second-order valence-corrected chi connectivity index (χ2v) is 8.44. The quantitative estimate of drug-likeness (QED) is 0.466. The van der Waals surface area contributed by atoms with Gasteiger partial charge >= 0.3 is 0 Å². The third-order valence-electron chi connectivity index (χ3n) is 4.99. The average Bonchev–Trinajstić information content (AvgIpc) is 3.18. The Kier molecular flexibility index (Phi) is 8.66. The number of thiazole rings is 1. The van der Waals surface area contributed by atoms with Gasteiger partial charge in [0.05, 0.1) is 19.3 Å². The SMILES string of the molecule is COCCC(N)CCn1c(-c2ccc(F)cc2)cs/c1=N/Cc1ccc(Cl)cc1OC. The van der Waals surface area contributed by atoms with E-state index in [1.165, 1.54) is 12.1 Å². The molecule has 8 heteroatoms. The minimum Gasteiger partial charge on any atom is -0.496 e. The smallest absolute Gasteiger partial charge is 0.185 e. The highest BCUT2D eigenvalue weighted by atomic mass is 35.5. The maximum atomic E-state index is 13.4. The summed E-state index contributed by atoms with van der Waals surface area (Å²) in [6.45, 7) is 1.80. The monoisotopic (exact) mass is 463 g/mol. The predicted molar refractivity (Wildman–Crippen MR) is 124 cm³/mol. The first-order valence-electron chi connectivity index (χ1n) is 10.0. The molecular formula is C23H27ClFN3O2S. The molecule has 1 heterocycles. The van der Waals surface area contributed by atoms with E-state index in [1.54, 1.807) is 43.8 Å². The van der Waals surface area contributed by atoms with Crippen molar-refractivity contribution in [2.45, 2.75) is 32.0 Å². The first-order chi connectivity index (χ1) is 15.0. The van der Waals surface area contributed by atoms with Gasteiger partial charge in [-0.25, -0.2) is 4.39 Å². The minimum absolute atomic E-state index is 0.0256. The van der Waals surface area contributed by atoms with E-state index in [-0.39, 0.29) is 11.9 Å². The summed E-state index contributed by atoms with van der Waals surface area (Å²) in [5, 5.41) is 2.67. The molecule has 5 nitrogen and oxygen atoms in total. The second kappa shape index (κ2) is 11.4. The molecule has 0 spiro atoms. The highest BCUT2D eigenvalue weighted by Crippen LogP contribution is 2.24. The zero-order chi connectivity index (χ0) is 22.2. The molecule has 2 N–H and O–H groups in total. The van der Waals surface area contributed by atoms with Crippen LogP contribution in [0.3, 0.4) is 0 Å². The Labute approximate surface area is 190 Å². The summed E-state index contributed by atoms with van der Waals surface area (Å²) >= 11 is 7.62. The third kappa shape index (κ3) is 6.40. The maximum absolute atomic E-state index is 13.4. The number of hydrogen-bond acceptors (Lipinski definition) is 5. The molecular weight excluding hydrogens is 437 g/mol. The largest absolute Gasteiger partial charge is 0.496 e. The summed E-state index contributed by atoms with van der Waals surface area (Å²) < 4.78 is 26.1. The average molecular weight is 464 g/mol. The minimum atomic E-state index is -0.258. The Balaban J connectivity index is 1.91.